The normalized spacial score (nSPS) is 14.3. The van der Waals surface area contributed by atoms with Crippen LogP contribution < -0.4 is 102 Å². The summed E-state index contributed by atoms with van der Waals surface area (Å²) in [6, 6.07) is -2.43. The third-order valence-electron chi connectivity index (χ3n) is 19.9. The fourth-order valence-corrected chi connectivity index (χ4v) is 12.7. The Balaban J connectivity index is 2.50. The molecule has 0 aliphatic carbocycles. The Kier molecular flexibility index (Phi) is 50.4. The molecule has 126 heavy (non-hydrogen) atoms. The van der Waals surface area contributed by atoms with Gasteiger partial charge in [-0.1, -0.05) is 128 Å². The van der Waals surface area contributed by atoms with Crippen molar-refractivity contribution in [2.75, 3.05) is 20.1 Å². The third kappa shape index (κ3) is 43.3. The van der Waals surface area contributed by atoms with E-state index in [1.54, 1.807) is 81.4 Å². The van der Waals surface area contributed by atoms with Crippen LogP contribution in [0.15, 0.2) is 60.7 Å². The first-order valence-electron chi connectivity index (χ1n) is 42.3. The molecule has 43 heteroatoms. The van der Waals surface area contributed by atoms with Crippen molar-refractivity contribution in [2.45, 2.75) is 294 Å². The number of amides is 15. The van der Waals surface area contributed by atoms with E-state index in [1.165, 1.54) is 34.7 Å². The summed E-state index contributed by atoms with van der Waals surface area (Å²) in [6.07, 6.45) is -4.56. The van der Waals surface area contributed by atoms with Crippen molar-refractivity contribution in [1.29, 1.82) is 5.41 Å². The highest BCUT2D eigenvalue weighted by Crippen LogP contribution is 2.17. The molecule has 27 N–H and O–H groups in total. The summed E-state index contributed by atoms with van der Waals surface area (Å²) in [5.74, 6) is -21.9. The lowest BCUT2D eigenvalue weighted by atomic mass is 9.99. The standard InChI is InChI=1S/C83H132N20O23/c1-11-13-28-51(92-74(119)55(32-36-62(85)104)94-73(118)53(30-21-22-40-84)101-81(126)83(8,9)103-79(124)54(29-14-12-2)93-77(122)59(44-66(111)112)90-45-50-26-19-16-20-27-50)71(116)96-57(34-38-64(107)108)76(121)97-58(35-39-65(109)110)75(120)95-56(33-37-63(105)106)70(115)91-48(7)68(113)102-67(47(5)6)80(125)98-52(31-23-41-89-82(86)87)72(117)99-60(42-46(3)4)78(123)100-61(69(114)88-10)43-49-24-17-15-18-25-49/h15-20,24-27,46-48,51-61,67,90H,11-14,21-23,28-45,84H2,1-10H3,(H2,85,104)(H,88,114)(H,91,115)(H,92,119)(H,93,122)(H,94,118)(H,95,120)(H,96,116)(H,97,121)(H,98,125)(H,99,117)(H,100,123)(H,101,126)(H,102,113)(H,103,124)(H,105,106)(H,107,108)(H,109,110)(H,111,112)(H4,86,87,89)/t48-,51-,52+,53-,54-,55-,56-,57-,58-,59-,60-,61-,67-/m0/s1. The highest BCUT2D eigenvalue weighted by molar-refractivity contribution is 6.01. The number of carboxylic acids is 4. The molecule has 0 radical (unpaired) electrons. The SMILES string of the molecule is CCCC[C@H](NC(=O)[C@H](CCC(N)=O)NC(=O)[C@H](CCCCN)NC(=O)C(C)(C)NC(=O)[C@H](CCCC)NC(=O)[C@H](CC(=O)O)NCc1ccccc1)C(=O)N[C@@H](CCC(=O)O)C(=O)N[C@@H](CCC(=O)O)C(=O)N[C@@H](CCC(=O)O)C(=O)N[C@@H](C)C(=O)N[C@H](C(=O)N[C@H](CCCNC(=N)N)C(=O)N[C@@H](CC(C)C)C(=O)N[C@@H](Cc1ccccc1)C(=O)NC)C(C)C. The maximum atomic E-state index is 14.5. The van der Waals surface area contributed by atoms with Crippen LogP contribution >= 0.6 is 0 Å². The van der Waals surface area contributed by atoms with E-state index in [0.717, 1.165) is 18.1 Å². The number of primary amides is 1. The Hall–Kier alpha value is -12.4. The van der Waals surface area contributed by atoms with Crippen LogP contribution in [0.1, 0.15) is 208 Å². The topological polar surface area (TPSA) is 700 Å². The van der Waals surface area contributed by atoms with E-state index in [9.17, 15) is 112 Å². The zero-order chi connectivity index (χ0) is 94.9. The lowest BCUT2D eigenvalue weighted by Crippen LogP contribution is -2.63. The van der Waals surface area contributed by atoms with Gasteiger partial charge in [-0.05, 0) is 127 Å². The number of unbranched alkanes of at least 4 members (excludes halogenated alkanes) is 3. The number of nitrogens with one attached hydrogen (secondary N) is 17. The Morgan fingerprint density at radius 2 is 0.770 bits per heavy atom. The van der Waals surface area contributed by atoms with Gasteiger partial charge in [0, 0.05) is 52.2 Å². The second-order valence-corrected chi connectivity index (χ2v) is 32.0. The smallest absolute Gasteiger partial charge is 0.305 e. The van der Waals surface area contributed by atoms with Crippen molar-refractivity contribution in [2.24, 2.45) is 29.0 Å². The number of hydrogen-bond acceptors (Lipinski definition) is 22. The molecule has 0 aromatic heterocycles. The Bertz CT molecular complexity index is 3990. The largest absolute Gasteiger partial charge is 0.481 e. The molecule has 2 rings (SSSR count). The molecular formula is C83H132N20O23. The predicted octanol–water partition coefficient (Wildman–Crippen LogP) is -2.32. The van der Waals surface area contributed by atoms with Gasteiger partial charge in [-0.25, -0.2) is 0 Å². The Labute approximate surface area is 732 Å². The van der Waals surface area contributed by atoms with Crippen LogP contribution in [0, 0.1) is 17.2 Å². The summed E-state index contributed by atoms with van der Waals surface area (Å²) in [5.41, 5.74) is 16.4. The van der Waals surface area contributed by atoms with Gasteiger partial charge < -0.3 is 123 Å². The van der Waals surface area contributed by atoms with E-state index in [1.807, 2.05) is 6.92 Å². The molecule has 0 bridgehead atoms. The zero-order valence-electron chi connectivity index (χ0n) is 73.4. The van der Waals surface area contributed by atoms with Gasteiger partial charge in [-0.3, -0.25) is 96.5 Å². The van der Waals surface area contributed by atoms with Crippen molar-refractivity contribution >= 4 is 118 Å². The molecule has 0 unspecified atom stereocenters. The van der Waals surface area contributed by atoms with Crippen LogP contribution in [0.25, 0.3) is 0 Å². The highest BCUT2D eigenvalue weighted by Gasteiger charge is 2.40. The molecule has 0 aliphatic rings. The van der Waals surface area contributed by atoms with Gasteiger partial charge in [0.2, 0.25) is 88.6 Å². The van der Waals surface area contributed by atoms with Gasteiger partial charge in [-0.15, -0.1) is 0 Å². The quantitative estimate of drug-likeness (QED) is 0.0188. The van der Waals surface area contributed by atoms with Crippen molar-refractivity contribution in [3.8, 4) is 0 Å². The fraction of sp³-hybridized carbons (Fsp3) is 0.614. The second-order valence-electron chi connectivity index (χ2n) is 32.0. The monoisotopic (exact) mass is 1780 g/mol. The van der Waals surface area contributed by atoms with Gasteiger partial charge in [-0.2, -0.15) is 0 Å². The Morgan fingerprint density at radius 3 is 1.17 bits per heavy atom. The van der Waals surface area contributed by atoms with Crippen LogP contribution in [0.5, 0.6) is 0 Å². The maximum absolute atomic E-state index is 14.5. The number of likely N-dealkylation sites (N-methyl/N-ethyl adjacent to an activating group) is 1. The average Bonchev–Trinajstić information content (AvgIpc) is 0.845. The number of guanidine groups is 1. The number of carbonyl (C=O) groups is 19. The van der Waals surface area contributed by atoms with E-state index in [2.05, 4.69) is 85.1 Å². The summed E-state index contributed by atoms with van der Waals surface area (Å²) in [5, 5.41) is 87.3. The molecule has 15 amide bonds. The zero-order valence-corrected chi connectivity index (χ0v) is 73.4. The third-order valence-corrected chi connectivity index (χ3v) is 19.9. The highest BCUT2D eigenvalue weighted by atomic mass is 16.4. The summed E-state index contributed by atoms with van der Waals surface area (Å²) in [4.78, 5) is 259. The summed E-state index contributed by atoms with van der Waals surface area (Å²) >= 11 is 0. The van der Waals surface area contributed by atoms with Gasteiger partial charge in [0.05, 0.1) is 12.5 Å². The molecule has 43 nitrogen and oxygen atoms in total. The summed E-state index contributed by atoms with van der Waals surface area (Å²) in [7, 11) is 1.40. The van der Waals surface area contributed by atoms with Crippen molar-refractivity contribution in [1.82, 2.24) is 85.1 Å². The van der Waals surface area contributed by atoms with Crippen molar-refractivity contribution in [3.63, 3.8) is 0 Å². The molecule has 0 fully saturated rings. The lowest BCUT2D eigenvalue weighted by molar-refractivity contribution is -0.141. The fourth-order valence-electron chi connectivity index (χ4n) is 12.7. The second kappa shape index (κ2) is 57.9. The number of hydrogen-bond donors (Lipinski definition) is 24. The van der Waals surface area contributed by atoms with E-state index in [0.29, 0.717) is 25.7 Å². The predicted molar refractivity (Wildman–Crippen MR) is 459 cm³/mol. The number of rotatable bonds is 63. The van der Waals surface area contributed by atoms with Crippen LogP contribution in [0.4, 0.5) is 0 Å². The van der Waals surface area contributed by atoms with E-state index < -0.39 is 266 Å². The first kappa shape index (κ1) is 110. The summed E-state index contributed by atoms with van der Waals surface area (Å²) in [6.45, 7) is 14.2. The minimum atomic E-state index is -1.98. The lowest BCUT2D eigenvalue weighted by Gasteiger charge is -2.31. The molecule has 0 heterocycles. The van der Waals surface area contributed by atoms with Gasteiger partial charge in [0.15, 0.2) is 5.96 Å². The molecule has 2 aromatic rings. The average molecular weight is 1780 g/mol. The van der Waals surface area contributed by atoms with Gasteiger partial charge in [0.1, 0.15) is 78.0 Å². The van der Waals surface area contributed by atoms with Crippen molar-refractivity contribution in [3.05, 3.63) is 71.8 Å². The van der Waals surface area contributed by atoms with Crippen LogP contribution in [0.3, 0.4) is 0 Å². The Morgan fingerprint density at radius 1 is 0.397 bits per heavy atom. The van der Waals surface area contributed by atoms with Gasteiger partial charge in [0.25, 0.3) is 0 Å². The summed E-state index contributed by atoms with van der Waals surface area (Å²) < 4.78 is 0. The molecule has 0 aliphatic heterocycles. The minimum Gasteiger partial charge on any atom is -0.481 e. The first-order valence-corrected chi connectivity index (χ1v) is 42.3. The molecule has 0 saturated carbocycles. The number of aliphatic carboxylic acids is 4. The van der Waals surface area contributed by atoms with Gasteiger partial charge >= 0.3 is 23.9 Å². The number of nitrogens with two attached hydrogens (primary N) is 3. The van der Waals surface area contributed by atoms with E-state index in [-0.39, 0.29) is 83.3 Å². The van der Waals surface area contributed by atoms with Crippen molar-refractivity contribution < 1.29 is 112 Å². The van der Waals surface area contributed by atoms with E-state index in [4.69, 9.17) is 22.6 Å². The molecule has 0 spiro atoms. The van der Waals surface area contributed by atoms with E-state index >= 15 is 0 Å². The number of carboxylic acid groups (broad SMARTS) is 4. The molecule has 0 saturated heterocycles. The molecule has 13 atom stereocenters. The number of benzene rings is 2. The van der Waals surface area contributed by atoms with Crippen LogP contribution in [-0.2, 0) is 104 Å². The molecule has 2 aromatic carbocycles. The maximum Gasteiger partial charge on any atom is 0.305 e. The van der Waals surface area contributed by atoms with Crippen LogP contribution in [0.2, 0.25) is 0 Å². The first-order chi connectivity index (χ1) is 59.4. The van der Waals surface area contributed by atoms with Crippen LogP contribution in [-0.4, -0.2) is 243 Å². The molecular weight excluding hydrogens is 1650 g/mol. The minimum absolute atomic E-state index is 0.0521. The molecule has 702 valence electrons. The number of carbonyl (C=O) groups excluding carboxylic acids is 15.